The van der Waals surface area contributed by atoms with E-state index in [2.05, 4.69) is 229 Å². The van der Waals surface area contributed by atoms with Crippen molar-refractivity contribution >= 4 is 60.5 Å². The highest BCUT2D eigenvalue weighted by Gasteiger charge is 2.21. The number of rotatable bonds is 7. The second-order valence-corrected chi connectivity index (χ2v) is 14.9. The third kappa shape index (κ3) is 5.91. The summed E-state index contributed by atoms with van der Waals surface area (Å²) in [5.41, 5.74) is 14.3. The van der Waals surface area contributed by atoms with Crippen LogP contribution >= 0.6 is 0 Å². The Labute approximate surface area is 337 Å². The minimum absolute atomic E-state index is 0.889. The van der Waals surface area contributed by atoms with E-state index in [1.807, 2.05) is 0 Å². The van der Waals surface area contributed by atoms with Gasteiger partial charge in [-0.15, -0.1) is 0 Å². The molecular formula is C56H37NO. The number of fused-ring (bicyclic) bond motifs is 5. The second-order valence-electron chi connectivity index (χ2n) is 14.9. The highest BCUT2D eigenvalue weighted by atomic mass is 16.3. The van der Waals surface area contributed by atoms with Crippen molar-refractivity contribution in [3.63, 3.8) is 0 Å². The number of anilines is 3. The van der Waals surface area contributed by atoms with Gasteiger partial charge in [0.25, 0.3) is 0 Å². The first-order valence-electron chi connectivity index (χ1n) is 19.8. The number of hydrogen-bond donors (Lipinski definition) is 0. The van der Waals surface area contributed by atoms with E-state index < -0.39 is 0 Å². The maximum atomic E-state index is 6.78. The predicted octanol–water partition coefficient (Wildman–Crippen LogP) is 16.0. The molecule has 1 aromatic heterocycles. The van der Waals surface area contributed by atoms with Crippen molar-refractivity contribution in [1.29, 1.82) is 0 Å². The predicted molar refractivity (Wildman–Crippen MR) is 245 cm³/mol. The molecule has 0 unspecified atom stereocenters. The van der Waals surface area contributed by atoms with Crippen LogP contribution in [-0.4, -0.2) is 0 Å². The van der Waals surface area contributed by atoms with E-state index >= 15 is 0 Å². The van der Waals surface area contributed by atoms with Crippen molar-refractivity contribution in [2.45, 2.75) is 0 Å². The Morgan fingerprint density at radius 3 is 1.59 bits per heavy atom. The SMILES string of the molecule is c1ccc(-c2cccc(-c3ccc(N(c4ccc(-c5cccc6ccccc56)cc4)c4ccccc4-c4cccc5c4oc4cc6ccccc6cc45)cc3)c2)cc1. The minimum atomic E-state index is 0.889. The number of para-hydroxylation sites is 2. The van der Waals surface area contributed by atoms with E-state index in [0.717, 1.165) is 50.1 Å². The van der Waals surface area contributed by atoms with Crippen LogP contribution < -0.4 is 4.90 Å². The van der Waals surface area contributed by atoms with E-state index in [0.29, 0.717) is 0 Å². The molecule has 272 valence electrons. The maximum Gasteiger partial charge on any atom is 0.143 e. The van der Waals surface area contributed by atoms with E-state index in [1.165, 1.54) is 54.9 Å². The first kappa shape index (κ1) is 33.6. The Bertz CT molecular complexity index is 3260. The molecule has 0 bridgehead atoms. The topological polar surface area (TPSA) is 16.4 Å². The van der Waals surface area contributed by atoms with Gasteiger partial charge in [0.2, 0.25) is 0 Å². The van der Waals surface area contributed by atoms with E-state index in [-0.39, 0.29) is 0 Å². The normalized spacial score (nSPS) is 11.4. The van der Waals surface area contributed by atoms with Crippen LogP contribution in [0.15, 0.2) is 229 Å². The Hall–Kier alpha value is -7.68. The molecule has 0 saturated carbocycles. The average Bonchev–Trinajstić information content (AvgIpc) is 3.67. The molecule has 10 aromatic carbocycles. The van der Waals surface area contributed by atoms with E-state index in [4.69, 9.17) is 4.42 Å². The molecule has 0 radical (unpaired) electrons. The highest BCUT2D eigenvalue weighted by Crippen LogP contribution is 2.45. The van der Waals surface area contributed by atoms with Gasteiger partial charge in [0.05, 0.1) is 5.69 Å². The Morgan fingerprint density at radius 1 is 0.293 bits per heavy atom. The third-order valence-electron chi connectivity index (χ3n) is 11.5. The molecule has 0 aliphatic heterocycles. The molecule has 0 amide bonds. The summed E-state index contributed by atoms with van der Waals surface area (Å²) >= 11 is 0. The van der Waals surface area contributed by atoms with Crippen molar-refractivity contribution in [2.24, 2.45) is 0 Å². The molecule has 0 N–H and O–H groups in total. The number of hydrogen-bond acceptors (Lipinski definition) is 2. The van der Waals surface area contributed by atoms with Crippen LogP contribution in [0.2, 0.25) is 0 Å². The van der Waals surface area contributed by atoms with Crippen molar-refractivity contribution in [1.82, 2.24) is 0 Å². The molecule has 0 fully saturated rings. The largest absolute Gasteiger partial charge is 0.455 e. The minimum Gasteiger partial charge on any atom is -0.455 e. The zero-order valence-corrected chi connectivity index (χ0v) is 31.7. The lowest BCUT2D eigenvalue weighted by atomic mass is 9.97. The van der Waals surface area contributed by atoms with Crippen LogP contribution in [0.1, 0.15) is 0 Å². The molecular weight excluding hydrogens is 703 g/mol. The molecule has 0 aliphatic carbocycles. The monoisotopic (exact) mass is 739 g/mol. The fraction of sp³-hybridized carbons (Fsp3) is 0. The molecule has 11 aromatic rings. The van der Waals surface area contributed by atoms with Crippen LogP contribution in [0.3, 0.4) is 0 Å². The summed E-state index contributed by atoms with van der Waals surface area (Å²) in [6.07, 6.45) is 0. The van der Waals surface area contributed by atoms with E-state index in [9.17, 15) is 0 Å². The Kier molecular flexibility index (Phi) is 8.19. The number of furan rings is 1. The molecule has 58 heavy (non-hydrogen) atoms. The summed E-state index contributed by atoms with van der Waals surface area (Å²) in [6.45, 7) is 0. The number of nitrogens with zero attached hydrogens (tertiary/aromatic N) is 1. The molecule has 2 heteroatoms. The summed E-state index contributed by atoms with van der Waals surface area (Å²) in [6, 6.07) is 80.6. The second kappa shape index (κ2) is 14.1. The van der Waals surface area contributed by atoms with E-state index in [1.54, 1.807) is 0 Å². The summed E-state index contributed by atoms with van der Waals surface area (Å²) in [7, 11) is 0. The lowest BCUT2D eigenvalue weighted by molar-refractivity contribution is 0.670. The molecule has 1 heterocycles. The molecule has 0 spiro atoms. The summed E-state index contributed by atoms with van der Waals surface area (Å²) in [4.78, 5) is 2.38. The smallest absolute Gasteiger partial charge is 0.143 e. The van der Waals surface area contributed by atoms with Crippen molar-refractivity contribution < 1.29 is 4.42 Å². The van der Waals surface area contributed by atoms with Gasteiger partial charge in [0.1, 0.15) is 11.2 Å². The van der Waals surface area contributed by atoms with Gasteiger partial charge in [0.15, 0.2) is 0 Å². The first-order valence-corrected chi connectivity index (χ1v) is 19.8. The fourth-order valence-electron chi connectivity index (χ4n) is 8.60. The Balaban J connectivity index is 1.06. The first-order chi connectivity index (χ1) is 28.7. The van der Waals surface area contributed by atoms with Crippen LogP contribution in [0.25, 0.3) is 88.0 Å². The quantitative estimate of drug-likeness (QED) is 0.162. The van der Waals surface area contributed by atoms with Crippen molar-refractivity contribution in [3.05, 3.63) is 224 Å². The molecule has 0 saturated heterocycles. The molecule has 11 rings (SSSR count). The third-order valence-corrected chi connectivity index (χ3v) is 11.5. The van der Waals surface area contributed by atoms with Gasteiger partial charge >= 0.3 is 0 Å². The summed E-state index contributed by atoms with van der Waals surface area (Å²) in [5.74, 6) is 0. The van der Waals surface area contributed by atoms with Gasteiger partial charge in [-0.2, -0.15) is 0 Å². The zero-order chi connectivity index (χ0) is 38.4. The van der Waals surface area contributed by atoms with Gasteiger partial charge in [-0.05, 0) is 103 Å². The van der Waals surface area contributed by atoms with Crippen LogP contribution in [-0.2, 0) is 0 Å². The molecule has 0 aliphatic rings. The summed E-state index contributed by atoms with van der Waals surface area (Å²) < 4.78 is 6.78. The molecule has 0 atom stereocenters. The van der Waals surface area contributed by atoms with Gasteiger partial charge < -0.3 is 9.32 Å². The summed E-state index contributed by atoms with van der Waals surface area (Å²) in [5, 5.41) is 7.10. The number of benzene rings is 10. The highest BCUT2D eigenvalue weighted by molar-refractivity contribution is 6.14. The zero-order valence-electron chi connectivity index (χ0n) is 31.7. The Morgan fingerprint density at radius 2 is 0.810 bits per heavy atom. The average molecular weight is 740 g/mol. The van der Waals surface area contributed by atoms with Crippen LogP contribution in [0, 0.1) is 0 Å². The molecule has 2 nitrogen and oxygen atoms in total. The van der Waals surface area contributed by atoms with Gasteiger partial charge in [-0.3, -0.25) is 0 Å². The fourth-order valence-corrected chi connectivity index (χ4v) is 8.60. The maximum absolute atomic E-state index is 6.78. The van der Waals surface area contributed by atoms with Gasteiger partial charge in [-0.25, -0.2) is 0 Å². The van der Waals surface area contributed by atoms with Gasteiger partial charge in [-0.1, -0.05) is 176 Å². The lowest BCUT2D eigenvalue weighted by Gasteiger charge is -2.28. The van der Waals surface area contributed by atoms with Crippen LogP contribution in [0.4, 0.5) is 17.1 Å². The lowest BCUT2D eigenvalue weighted by Crippen LogP contribution is -2.11. The van der Waals surface area contributed by atoms with Crippen molar-refractivity contribution in [3.8, 4) is 44.5 Å². The van der Waals surface area contributed by atoms with Crippen molar-refractivity contribution in [2.75, 3.05) is 4.90 Å². The standard InChI is InChI=1S/C56H37NO/c1-2-13-38(14-3-1)42-19-10-20-43(35-42)39-27-31-46(32-28-39)57(47-33-29-41(30-34-47)49-23-11-18-40-15-6-7-21-48(40)49)54-26-9-8-22-50(54)51-24-12-25-52-53-36-44-16-4-5-17-45(44)37-55(53)58-56(51)52/h1-37H. The van der Waals surface area contributed by atoms with Gasteiger partial charge in [0, 0.05) is 33.3 Å². The van der Waals surface area contributed by atoms with Crippen LogP contribution in [0.5, 0.6) is 0 Å².